The van der Waals surface area contributed by atoms with Crippen LogP contribution in [-0.4, -0.2) is 34.8 Å². The number of aromatic nitrogens is 1. The summed E-state index contributed by atoms with van der Waals surface area (Å²) in [7, 11) is 0. The van der Waals surface area contributed by atoms with E-state index in [0.717, 1.165) is 27.1 Å². The number of amides is 2. The minimum Gasteiger partial charge on any atom is -0.339 e. The van der Waals surface area contributed by atoms with Gasteiger partial charge in [0.05, 0.1) is 10.6 Å². The molecule has 2 aromatic carbocycles. The molecule has 0 aliphatic rings. The molecule has 158 valence electrons. The lowest BCUT2D eigenvalue weighted by molar-refractivity contribution is -0.118. The number of thiazole rings is 1. The molecule has 5 nitrogen and oxygen atoms in total. The molecular weight excluding hydrogens is 446 g/mol. The highest BCUT2D eigenvalue weighted by atomic mass is 32.2. The molecule has 0 saturated heterocycles. The van der Waals surface area contributed by atoms with E-state index in [1.165, 1.54) is 22.7 Å². The zero-order valence-corrected chi connectivity index (χ0v) is 19.3. The number of carbonyl (C=O) groups excluding carboxylic acids is 2. The molecule has 0 fully saturated rings. The van der Waals surface area contributed by atoms with Gasteiger partial charge in [-0.1, -0.05) is 48.5 Å². The zero-order valence-electron chi connectivity index (χ0n) is 16.8. The second-order valence-electron chi connectivity index (χ2n) is 6.85. The van der Waals surface area contributed by atoms with E-state index in [4.69, 9.17) is 0 Å². The summed E-state index contributed by atoms with van der Waals surface area (Å²) in [5.74, 6) is 0.279. The standard InChI is InChI=1S/C23H21N3O2S3/c1-29-12-11-17(24-22(28)20-13-16-9-5-6-10-19(16)31-20)21(27)26-23-25-18(14-30-23)15-7-3-2-4-8-15/h2-10,13-14,17H,11-12H2,1H3,(H,24,28)(H,25,26,27)/t17-/m0/s1. The van der Waals surface area contributed by atoms with Gasteiger partial charge in [-0.05, 0) is 35.9 Å². The van der Waals surface area contributed by atoms with E-state index in [1.807, 2.05) is 72.3 Å². The van der Waals surface area contributed by atoms with Crippen molar-refractivity contribution in [3.8, 4) is 11.3 Å². The Morgan fingerprint density at radius 2 is 1.87 bits per heavy atom. The fourth-order valence-electron chi connectivity index (χ4n) is 3.09. The van der Waals surface area contributed by atoms with E-state index in [2.05, 4.69) is 15.6 Å². The number of anilines is 1. The van der Waals surface area contributed by atoms with Crippen molar-refractivity contribution in [1.82, 2.24) is 10.3 Å². The van der Waals surface area contributed by atoms with E-state index < -0.39 is 6.04 Å². The number of rotatable bonds is 8. The van der Waals surface area contributed by atoms with Crippen LogP contribution in [0.3, 0.4) is 0 Å². The van der Waals surface area contributed by atoms with Gasteiger partial charge in [-0.3, -0.25) is 9.59 Å². The molecule has 31 heavy (non-hydrogen) atoms. The van der Waals surface area contributed by atoms with Crippen LogP contribution < -0.4 is 10.6 Å². The number of hydrogen-bond acceptors (Lipinski definition) is 6. The van der Waals surface area contributed by atoms with Gasteiger partial charge in [-0.25, -0.2) is 4.98 Å². The van der Waals surface area contributed by atoms with Crippen LogP contribution in [0.4, 0.5) is 5.13 Å². The second kappa shape index (κ2) is 10.1. The summed E-state index contributed by atoms with van der Waals surface area (Å²) in [6.07, 6.45) is 2.52. The monoisotopic (exact) mass is 467 g/mol. The van der Waals surface area contributed by atoms with Crippen molar-refractivity contribution >= 4 is 61.5 Å². The van der Waals surface area contributed by atoms with Crippen LogP contribution in [0.5, 0.6) is 0 Å². The third kappa shape index (κ3) is 5.33. The molecular formula is C23H21N3O2S3. The number of thioether (sulfide) groups is 1. The molecule has 0 spiro atoms. The van der Waals surface area contributed by atoms with Gasteiger partial charge >= 0.3 is 0 Å². The SMILES string of the molecule is CSCC[C@H](NC(=O)c1cc2ccccc2s1)C(=O)Nc1nc(-c2ccccc2)cs1. The van der Waals surface area contributed by atoms with Crippen LogP contribution in [0.1, 0.15) is 16.1 Å². The average molecular weight is 468 g/mol. The van der Waals surface area contributed by atoms with Crippen molar-refractivity contribution < 1.29 is 9.59 Å². The normalized spacial score (nSPS) is 11.9. The number of thiophene rings is 1. The van der Waals surface area contributed by atoms with E-state index in [1.54, 1.807) is 11.8 Å². The number of carbonyl (C=O) groups is 2. The molecule has 0 saturated carbocycles. The van der Waals surface area contributed by atoms with E-state index in [0.29, 0.717) is 16.4 Å². The molecule has 2 aromatic heterocycles. The van der Waals surface area contributed by atoms with Crippen molar-refractivity contribution in [2.24, 2.45) is 0 Å². The molecule has 4 rings (SSSR count). The first kappa shape index (κ1) is 21.5. The highest BCUT2D eigenvalue weighted by molar-refractivity contribution is 7.98. The number of hydrogen-bond donors (Lipinski definition) is 2. The fourth-order valence-corrected chi connectivity index (χ4v) is 5.25. The first-order valence-corrected chi connectivity index (χ1v) is 12.8. The lowest BCUT2D eigenvalue weighted by Crippen LogP contribution is -2.44. The second-order valence-corrected chi connectivity index (χ2v) is 9.78. The highest BCUT2D eigenvalue weighted by Crippen LogP contribution is 2.26. The summed E-state index contributed by atoms with van der Waals surface area (Å²) in [6, 6.07) is 18.9. The summed E-state index contributed by atoms with van der Waals surface area (Å²) in [4.78, 5) is 30.9. The van der Waals surface area contributed by atoms with Crippen molar-refractivity contribution in [2.75, 3.05) is 17.3 Å². The fraction of sp³-hybridized carbons (Fsp3) is 0.174. The Hall–Kier alpha value is -2.68. The van der Waals surface area contributed by atoms with Crippen LogP contribution in [0.15, 0.2) is 66.0 Å². The van der Waals surface area contributed by atoms with E-state index in [-0.39, 0.29) is 11.8 Å². The summed E-state index contributed by atoms with van der Waals surface area (Å²) in [5, 5.41) is 9.25. The summed E-state index contributed by atoms with van der Waals surface area (Å²) >= 11 is 4.44. The molecule has 0 bridgehead atoms. The quantitative estimate of drug-likeness (QED) is 0.358. The van der Waals surface area contributed by atoms with Gasteiger partial charge in [0.2, 0.25) is 5.91 Å². The Morgan fingerprint density at radius 3 is 2.65 bits per heavy atom. The van der Waals surface area contributed by atoms with E-state index in [9.17, 15) is 9.59 Å². The van der Waals surface area contributed by atoms with Crippen molar-refractivity contribution in [3.63, 3.8) is 0 Å². The molecule has 2 amide bonds. The van der Waals surface area contributed by atoms with Gasteiger partial charge < -0.3 is 10.6 Å². The molecule has 2 heterocycles. The van der Waals surface area contributed by atoms with Crippen LogP contribution in [0.2, 0.25) is 0 Å². The van der Waals surface area contributed by atoms with Gasteiger partial charge in [-0.2, -0.15) is 11.8 Å². The molecule has 2 N–H and O–H groups in total. The molecule has 0 unspecified atom stereocenters. The maximum absolute atomic E-state index is 12.9. The summed E-state index contributed by atoms with van der Waals surface area (Å²) in [6.45, 7) is 0. The first-order chi connectivity index (χ1) is 15.1. The Labute approximate surface area is 192 Å². The van der Waals surface area contributed by atoms with Crippen LogP contribution in [0.25, 0.3) is 21.3 Å². The lowest BCUT2D eigenvalue weighted by atomic mass is 10.2. The maximum atomic E-state index is 12.9. The van der Waals surface area contributed by atoms with Crippen molar-refractivity contribution in [3.05, 3.63) is 70.9 Å². The van der Waals surface area contributed by atoms with E-state index >= 15 is 0 Å². The predicted molar refractivity (Wildman–Crippen MR) is 132 cm³/mol. The lowest BCUT2D eigenvalue weighted by Gasteiger charge is -2.17. The van der Waals surface area contributed by atoms with Crippen LogP contribution >= 0.6 is 34.4 Å². The molecule has 1 atom stereocenters. The Morgan fingerprint density at radius 1 is 1.10 bits per heavy atom. The highest BCUT2D eigenvalue weighted by Gasteiger charge is 2.23. The Kier molecular flexibility index (Phi) is 7.01. The Balaban J connectivity index is 1.46. The van der Waals surface area contributed by atoms with Gasteiger partial charge in [-0.15, -0.1) is 22.7 Å². The number of nitrogens with zero attached hydrogens (tertiary/aromatic N) is 1. The Bertz CT molecular complexity index is 1150. The van der Waals surface area contributed by atoms with Crippen molar-refractivity contribution in [1.29, 1.82) is 0 Å². The summed E-state index contributed by atoms with van der Waals surface area (Å²) < 4.78 is 1.05. The minimum atomic E-state index is -0.630. The smallest absolute Gasteiger partial charge is 0.262 e. The van der Waals surface area contributed by atoms with Crippen molar-refractivity contribution in [2.45, 2.75) is 12.5 Å². The minimum absolute atomic E-state index is 0.230. The maximum Gasteiger partial charge on any atom is 0.262 e. The number of nitrogens with one attached hydrogen (secondary N) is 2. The zero-order chi connectivity index (χ0) is 21.6. The predicted octanol–water partition coefficient (Wildman–Crippen LogP) is 5.52. The third-order valence-corrected chi connectivity index (χ3v) is 7.20. The van der Waals surface area contributed by atoms with Gasteiger partial charge in [0.25, 0.3) is 5.91 Å². The van der Waals surface area contributed by atoms with Gasteiger partial charge in [0, 0.05) is 15.6 Å². The molecule has 0 aliphatic heterocycles. The summed E-state index contributed by atoms with van der Waals surface area (Å²) in [5.41, 5.74) is 1.81. The molecule has 4 aromatic rings. The van der Waals surface area contributed by atoms with Gasteiger partial charge in [0.15, 0.2) is 5.13 Å². The van der Waals surface area contributed by atoms with Gasteiger partial charge in [0.1, 0.15) is 6.04 Å². The number of benzene rings is 2. The first-order valence-electron chi connectivity index (χ1n) is 9.74. The van der Waals surface area contributed by atoms with Crippen LogP contribution in [0, 0.1) is 0 Å². The molecule has 0 aliphatic carbocycles. The largest absolute Gasteiger partial charge is 0.339 e. The molecule has 8 heteroatoms. The third-order valence-electron chi connectivity index (χ3n) is 4.69. The van der Waals surface area contributed by atoms with Crippen LogP contribution in [-0.2, 0) is 4.79 Å². The average Bonchev–Trinajstić information content (AvgIpc) is 3.44. The topological polar surface area (TPSA) is 71.1 Å². The number of fused-ring (bicyclic) bond motifs is 1. The molecule has 0 radical (unpaired) electrons.